The van der Waals surface area contributed by atoms with Crippen molar-refractivity contribution in [2.75, 3.05) is 13.7 Å². The number of esters is 1. The third-order valence-corrected chi connectivity index (χ3v) is 3.30. The third-order valence-electron chi connectivity index (χ3n) is 2.07. The van der Waals surface area contributed by atoms with Crippen LogP contribution in [0.5, 0.6) is 0 Å². The standard InChI is InChI=1S/C11H10ClFINO3/c1-18-11(17)8(12)5-15-10(16)7-3-2-6(13)4-9(7)14/h2-4,8H,5H2,1H3,(H,15,16). The van der Waals surface area contributed by atoms with Crippen molar-refractivity contribution in [3.8, 4) is 0 Å². The largest absolute Gasteiger partial charge is 0.468 e. The number of carbonyl (C=O) groups is 2. The molecule has 98 valence electrons. The molecular formula is C11H10ClFINO3. The molecule has 1 amide bonds. The van der Waals surface area contributed by atoms with Gasteiger partial charge < -0.3 is 10.1 Å². The summed E-state index contributed by atoms with van der Waals surface area (Å²) < 4.78 is 17.8. The van der Waals surface area contributed by atoms with Crippen molar-refractivity contribution in [1.29, 1.82) is 0 Å². The highest BCUT2D eigenvalue weighted by Gasteiger charge is 2.18. The maximum Gasteiger partial charge on any atom is 0.325 e. The maximum atomic E-state index is 12.9. The fourth-order valence-corrected chi connectivity index (χ4v) is 2.05. The van der Waals surface area contributed by atoms with Gasteiger partial charge in [-0.05, 0) is 40.8 Å². The van der Waals surface area contributed by atoms with Crippen molar-refractivity contribution >= 4 is 46.1 Å². The van der Waals surface area contributed by atoms with E-state index in [0.29, 0.717) is 9.13 Å². The zero-order chi connectivity index (χ0) is 13.7. The number of hydrogen-bond acceptors (Lipinski definition) is 3. The van der Waals surface area contributed by atoms with E-state index in [9.17, 15) is 14.0 Å². The minimum absolute atomic E-state index is 0.0550. The van der Waals surface area contributed by atoms with Crippen LogP contribution in [0, 0.1) is 9.39 Å². The third kappa shape index (κ3) is 4.09. The van der Waals surface area contributed by atoms with Crippen LogP contribution >= 0.6 is 34.2 Å². The van der Waals surface area contributed by atoms with Crippen molar-refractivity contribution in [1.82, 2.24) is 5.32 Å². The Balaban J connectivity index is 2.63. The summed E-state index contributed by atoms with van der Waals surface area (Å²) in [7, 11) is 1.21. The van der Waals surface area contributed by atoms with Gasteiger partial charge >= 0.3 is 5.97 Å². The Hall–Kier alpha value is -0.890. The van der Waals surface area contributed by atoms with Gasteiger partial charge in [-0.3, -0.25) is 9.59 Å². The molecule has 1 aromatic carbocycles. The summed E-state index contributed by atoms with van der Waals surface area (Å²) in [6.45, 7) is -0.0550. The number of methoxy groups -OCH3 is 1. The Morgan fingerprint density at radius 1 is 1.56 bits per heavy atom. The fourth-order valence-electron chi connectivity index (χ4n) is 1.16. The SMILES string of the molecule is COC(=O)C(Cl)CNC(=O)c1ccc(F)cc1I. The van der Waals surface area contributed by atoms with Gasteiger partial charge in [-0.2, -0.15) is 0 Å². The number of nitrogens with one attached hydrogen (secondary N) is 1. The Kier molecular flexibility index (Phi) is 5.80. The van der Waals surface area contributed by atoms with Gasteiger partial charge in [0.25, 0.3) is 5.91 Å². The zero-order valence-electron chi connectivity index (χ0n) is 9.38. The average Bonchev–Trinajstić information content (AvgIpc) is 2.34. The van der Waals surface area contributed by atoms with Crippen molar-refractivity contribution in [2.45, 2.75) is 5.38 Å². The molecule has 0 heterocycles. The predicted molar refractivity (Wildman–Crippen MR) is 73.1 cm³/mol. The molecule has 1 unspecified atom stereocenters. The second-order valence-electron chi connectivity index (χ2n) is 3.32. The molecule has 18 heavy (non-hydrogen) atoms. The van der Waals surface area contributed by atoms with Crippen molar-refractivity contribution in [2.24, 2.45) is 0 Å². The normalized spacial score (nSPS) is 11.8. The Morgan fingerprint density at radius 3 is 2.78 bits per heavy atom. The number of hydrogen-bond donors (Lipinski definition) is 1. The van der Waals surface area contributed by atoms with Gasteiger partial charge in [0, 0.05) is 10.1 Å². The van der Waals surface area contributed by atoms with E-state index in [1.807, 2.05) is 22.6 Å². The number of ether oxygens (including phenoxy) is 1. The maximum absolute atomic E-state index is 12.9. The number of benzene rings is 1. The average molecular weight is 386 g/mol. The van der Waals surface area contributed by atoms with Crippen LogP contribution in [-0.2, 0) is 9.53 Å². The molecule has 0 aliphatic heterocycles. The summed E-state index contributed by atoms with van der Waals surface area (Å²) >= 11 is 7.53. The number of amides is 1. The van der Waals surface area contributed by atoms with E-state index in [2.05, 4.69) is 10.1 Å². The first-order valence-corrected chi connectivity index (χ1v) is 6.42. The van der Waals surface area contributed by atoms with Gasteiger partial charge in [0.05, 0.1) is 12.7 Å². The van der Waals surface area contributed by atoms with Crippen LogP contribution < -0.4 is 5.32 Å². The van der Waals surface area contributed by atoms with Gasteiger partial charge in [0.2, 0.25) is 0 Å². The summed E-state index contributed by atoms with van der Waals surface area (Å²) in [5.74, 6) is -1.46. The topological polar surface area (TPSA) is 55.4 Å². The van der Waals surface area contributed by atoms with Crippen LogP contribution in [0.1, 0.15) is 10.4 Å². The minimum atomic E-state index is -0.947. The summed E-state index contributed by atoms with van der Waals surface area (Å²) in [4.78, 5) is 22.8. The molecule has 0 saturated carbocycles. The minimum Gasteiger partial charge on any atom is -0.468 e. The Morgan fingerprint density at radius 2 is 2.22 bits per heavy atom. The molecule has 0 fully saturated rings. The molecule has 7 heteroatoms. The van der Waals surface area contributed by atoms with Gasteiger partial charge in [0.15, 0.2) is 0 Å². The van der Waals surface area contributed by atoms with E-state index in [4.69, 9.17) is 11.6 Å². The lowest BCUT2D eigenvalue weighted by molar-refractivity contribution is -0.140. The zero-order valence-corrected chi connectivity index (χ0v) is 12.3. The van der Waals surface area contributed by atoms with Crippen molar-refractivity contribution in [3.63, 3.8) is 0 Å². The lowest BCUT2D eigenvalue weighted by Crippen LogP contribution is -2.34. The number of rotatable bonds is 4. The van der Waals surface area contributed by atoms with Gasteiger partial charge in [-0.25, -0.2) is 4.39 Å². The molecule has 0 aliphatic carbocycles. The lowest BCUT2D eigenvalue weighted by Gasteiger charge is -2.09. The summed E-state index contributed by atoms with van der Waals surface area (Å²) in [6, 6.07) is 3.80. The summed E-state index contributed by atoms with van der Waals surface area (Å²) in [5.41, 5.74) is 0.325. The van der Waals surface area contributed by atoms with E-state index in [1.165, 1.54) is 25.3 Å². The number of halogens is 3. The monoisotopic (exact) mass is 385 g/mol. The second-order valence-corrected chi connectivity index (χ2v) is 5.01. The fraction of sp³-hybridized carbons (Fsp3) is 0.273. The first kappa shape index (κ1) is 15.2. The highest BCUT2D eigenvalue weighted by molar-refractivity contribution is 14.1. The number of alkyl halides is 1. The second kappa shape index (κ2) is 6.89. The van der Waals surface area contributed by atoms with E-state index in [1.54, 1.807) is 0 Å². The van der Waals surface area contributed by atoms with Gasteiger partial charge in [0.1, 0.15) is 11.2 Å². The van der Waals surface area contributed by atoms with E-state index < -0.39 is 23.1 Å². The highest BCUT2D eigenvalue weighted by Crippen LogP contribution is 2.13. The first-order chi connectivity index (χ1) is 8.45. The van der Waals surface area contributed by atoms with Crippen molar-refractivity contribution in [3.05, 3.63) is 33.1 Å². The quantitative estimate of drug-likeness (QED) is 0.490. The van der Waals surface area contributed by atoms with Crippen LogP contribution in [0.2, 0.25) is 0 Å². The molecular weight excluding hydrogens is 375 g/mol. The highest BCUT2D eigenvalue weighted by atomic mass is 127. The van der Waals surface area contributed by atoms with E-state index in [-0.39, 0.29) is 6.54 Å². The Labute approximate surface area is 122 Å². The molecule has 0 spiro atoms. The molecule has 0 radical (unpaired) electrons. The van der Waals surface area contributed by atoms with Crippen molar-refractivity contribution < 1.29 is 18.7 Å². The van der Waals surface area contributed by atoms with Crippen LogP contribution in [-0.4, -0.2) is 30.9 Å². The molecule has 0 bridgehead atoms. The summed E-state index contributed by atoms with van der Waals surface area (Å²) in [6.07, 6.45) is 0. The van der Waals surface area contributed by atoms with Gasteiger partial charge in [-0.1, -0.05) is 0 Å². The first-order valence-electron chi connectivity index (χ1n) is 4.91. The van der Waals surface area contributed by atoms with Crippen LogP contribution in [0.25, 0.3) is 0 Å². The van der Waals surface area contributed by atoms with E-state index in [0.717, 1.165) is 0 Å². The van der Waals surface area contributed by atoms with Crippen LogP contribution in [0.15, 0.2) is 18.2 Å². The molecule has 1 N–H and O–H groups in total. The molecule has 0 aromatic heterocycles. The summed E-state index contributed by atoms with van der Waals surface area (Å²) in [5, 5.41) is 1.53. The van der Waals surface area contributed by atoms with Gasteiger partial charge in [-0.15, -0.1) is 11.6 Å². The van der Waals surface area contributed by atoms with E-state index >= 15 is 0 Å². The number of carbonyl (C=O) groups excluding carboxylic acids is 2. The lowest BCUT2D eigenvalue weighted by atomic mass is 10.2. The van der Waals surface area contributed by atoms with Crippen LogP contribution in [0.4, 0.5) is 4.39 Å². The molecule has 0 saturated heterocycles. The molecule has 4 nitrogen and oxygen atoms in total. The smallest absolute Gasteiger partial charge is 0.325 e. The molecule has 1 aromatic rings. The molecule has 1 rings (SSSR count). The Bertz CT molecular complexity index is 470. The van der Waals surface area contributed by atoms with Crippen LogP contribution in [0.3, 0.4) is 0 Å². The predicted octanol–water partition coefficient (Wildman–Crippen LogP) is 1.94. The molecule has 0 aliphatic rings. The molecule has 1 atom stereocenters.